The molecule has 6 nitrogen and oxygen atoms in total. The third-order valence-electron chi connectivity index (χ3n) is 2.02. The number of hydrogen-bond donors (Lipinski definition) is 0. The molecule has 0 fully saturated rings. The molecule has 0 radical (unpaired) electrons. The standard InChI is InChI=1S/C11H11NO5/c1-16-10-4-3-8(5-6-12(14)15)7-9(10)11(13)17-2/h3-7H,1-2H3. The fourth-order valence-corrected chi connectivity index (χ4v) is 1.25. The highest BCUT2D eigenvalue weighted by Gasteiger charge is 2.12. The smallest absolute Gasteiger partial charge is 0.341 e. The minimum Gasteiger partial charge on any atom is -0.496 e. The molecule has 0 spiro atoms. The molecule has 0 N–H and O–H groups in total. The second-order valence-electron chi connectivity index (χ2n) is 3.05. The molecule has 0 amide bonds. The van der Waals surface area contributed by atoms with E-state index >= 15 is 0 Å². The molecule has 0 saturated carbocycles. The molecule has 0 saturated heterocycles. The first kappa shape index (κ1) is 12.7. The summed E-state index contributed by atoms with van der Waals surface area (Å²) in [7, 11) is 2.68. The van der Waals surface area contributed by atoms with Crippen LogP contribution in [-0.4, -0.2) is 25.1 Å². The van der Waals surface area contributed by atoms with E-state index in [2.05, 4.69) is 4.74 Å². The number of methoxy groups -OCH3 is 2. The molecule has 0 aromatic heterocycles. The monoisotopic (exact) mass is 237 g/mol. The van der Waals surface area contributed by atoms with Crippen molar-refractivity contribution in [3.8, 4) is 5.75 Å². The number of hydrogen-bond acceptors (Lipinski definition) is 5. The van der Waals surface area contributed by atoms with Gasteiger partial charge in [-0.15, -0.1) is 0 Å². The Morgan fingerprint density at radius 2 is 2.12 bits per heavy atom. The molecule has 17 heavy (non-hydrogen) atoms. The number of benzene rings is 1. The Kier molecular flexibility index (Phi) is 4.21. The summed E-state index contributed by atoms with van der Waals surface area (Å²) in [5, 5.41) is 10.2. The van der Waals surface area contributed by atoms with Crippen LogP contribution in [0.3, 0.4) is 0 Å². The molecule has 1 aromatic carbocycles. The van der Waals surface area contributed by atoms with Crippen molar-refractivity contribution in [3.63, 3.8) is 0 Å². The summed E-state index contributed by atoms with van der Waals surface area (Å²) in [5.74, 6) is -0.201. The molecule has 0 aliphatic rings. The van der Waals surface area contributed by atoms with Gasteiger partial charge < -0.3 is 9.47 Å². The fourth-order valence-electron chi connectivity index (χ4n) is 1.25. The van der Waals surface area contributed by atoms with Crippen LogP contribution in [0.2, 0.25) is 0 Å². The van der Waals surface area contributed by atoms with Gasteiger partial charge in [0, 0.05) is 6.08 Å². The number of esters is 1. The van der Waals surface area contributed by atoms with Crippen molar-refractivity contribution in [3.05, 3.63) is 45.6 Å². The molecule has 0 bridgehead atoms. The van der Waals surface area contributed by atoms with Gasteiger partial charge in [-0.2, -0.15) is 0 Å². The average Bonchev–Trinajstić information content (AvgIpc) is 2.34. The number of ether oxygens (including phenoxy) is 2. The largest absolute Gasteiger partial charge is 0.496 e. The Morgan fingerprint density at radius 1 is 1.41 bits per heavy atom. The van der Waals surface area contributed by atoms with Crippen LogP contribution in [0.1, 0.15) is 15.9 Å². The summed E-state index contributed by atoms with van der Waals surface area (Å²) in [6, 6.07) is 4.61. The molecule has 6 heteroatoms. The summed E-state index contributed by atoms with van der Waals surface area (Å²) < 4.78 is 9.57. The van der Waals surface area contributed by atoms with Crippen LogP contribution >= 0.6 is 0 Å². The van der Waals surface area contributed by atoms with Crippen molar-refractivity contribution in [1.82, 2.24) is 0 Å². The van der Waals surface area contributed by atoms with Gasteiger partial charge in [0.15, 0.2) is 0 Å². The van der Waals surface area contributed by atoms with Gasteiger partial charge in [-0.1, -0.05) is 6.07 Å². The maximum Gasteiger partial charge on any atom is 0.341 e. The highest BCUT2D eigenvalue weighted by molar-refractivity contribution is 5.93. The SMILES string of the molecule is COC(=O)c1cc(C=C[N+](=O)[O-])ccc1OC. The first-order valence-electron chi connectivity index (χ1n) is 4.66. The minimum absolute atomic E-state index is 0.223. The van der Waals surface area contributed by atoms with E-state index in [0.29, 0.717) is 11.3 Å². The molecule has 0 aliphatic heterocycles. The minimum atomic E-state index is -0.581. The Bertz CT molecular complexity index is 467. The van der Waals surface area contributed by atoms with Crippen molar-refractivity contribution < 1.29 is 19.2 Å². The normalized spacial score (nSPS) is 10.2. The molecule has 1 aromatic rings. The van der Waals surface area contributed by atoms with Crippen LogP contribution in [0.25, 0.3) is 6.08 Å². The van der Waals surface area contributed by atoms with Crippen LogP contribution in [0, 0.1) is 10.1 Å². The predicted molar refractivity (Wildman–Crippen MR) is 60.4 cm³/mol. The summed E-state index contributed by atoms with van der Waals surface area (Å²) in [4.78, 5) is 21.0. The highest BCUT2D eigenvalue weighted by Crippen LogP contribution is 2.21. The lowest BCUT2D eigenvalue weighted by Crippen LogP contribution is -2.04. The van der Waals surface area contributed by atoms with Crippen molar-refractivity contribution in [1.29, 1.82) is 0 Å². The molecule has 0 heterocycles. The van der Waals surface area contributed by atoms with Gasteiger partial charge >= 0.3 is 5.97 Å². The fraction of sp³-hybridized carbons (Fsp3) is 0.182. The average molecular weight is 237 g/mol. The molecular formula is C11H11NO5. The van der Waals surface area contributed by atoms with Gasteiger partial charge in [-0.25, -0.2) is 4.79 Å². The lowest BCUT2D eigenvalue weighted by Gasteiger charge is -2.06. The summed E-state index contributed by atoms with van der Waals surface area (Å²) >= 11 is 0. The lowest BCUT2D eigenvalue weighted by molar-refractivity contribution is -0.400. The van der Waals surface area contributed by atoms with Crippen molar-refractivity contribution in [2.24, 2.45) is 0 Å². The Labute approximate surface area is 97.6 Å². The number of carbonyl (C=O) groups is 1. The third kappa shape index (κ3) is 3.30. The third-order valence-corrected chi connectivity index (χ3v) is 2.02. The van der Waals surface area contributed by atoms with Crippen molar-refractivity contribution in [2.75, 3.05) is 14.2 Å². The van der Waals surface area contributed by atoms with Crippen molar-refractivity contribution in [2.45, 2.75) is 0 Å². The Hall–Kier alpha value is -2.37. The summed E-state index contributed by atoms with van der Waals surface area (Å²) in [5.41, 5.74) is 0.739. The van der Waals surface area contributed by atoms with Gasteiger partial charge in [0.25, 0.3) is 0 Å². The second kappa shape index (κ2) is 5.64. The Balaban J connectivity index is 3.13. The molecule has 1 rings (SSSR count). The van der Waals surface area contributed by atoms with E-state index in [-0.39, 0.29) is 5.56 Å². The Morgan fingerprint density at radius 3 is 2.65 bits per heavy atom. The number of nitrogens with zero attached hydrogens (tertiary/aromatic N) is 1. The van der Waals surface area contributed by atoms with Crippen LogP contribution in [0.5, 0.6) is 5.75 Å². The van der Waals surface area contributed by atoms with E-state index < -0.39 is 10.9 Å². The first-order chi connectivity index (χ1) is 8.08. The quantitative estimate of drug-likeness (QED) is 0.452. The number of nitro groups is 1. The van der Waals surface area contributed by atoms with E-state index in [1.54, 1.807) is 12.1 Å². The second-order valence-corrected chi connectivity index (χ2v) is 3.05. The zero-order valence-corrected chi connectivity index (χ0v) is 9.38. The van der Waals surface area contributed by atoms with Crippen molar-refractivity contribution >= 4 is 12.0 Å². The van der Waals surface area contributed by atoms with E-state index in [1.807, 2.05) is 0 Å². The van der Waals surface area contributed by atoms with E-state index in [0.717, 1.165) is 6.20 Å². The lowest BCUT2D eigenvalue weighted by atomic mass is 10.1. The van der Waals surface area contributed by atoms with Gasteiger partial charge in [0.2, 0.25) is 6.20 Å². The van der Waals surface area contributed by atoms with Crippen LogP contribution in [0.4, 0.5) is 0 Å². The zero-order valence-electron chi connectivity index (χ0n) is 9.38. The predicted octanol–water partition coefficient (Wildman–Crippen LogP) is 1.73. The van der Waals surface area contributed by atoms with E-state index in [9.17, 15) is 14.9 Å². The zero-order chi connectivity index (χ0) is 12.8. The van der Waals surface area contributed by atoms with Crippen LogP contribution in [-0.2, 0) is 4.74 Å². The maximum absolute atomic E-state index is 11.4. The summed E-state index contributed by atoms with van der Waals surface area (Å²) in [6.45, 7) is 0. The van der Waals surface area contributed by atoms with Gasteiger partial charge in [-0.05, 0) is 17.7 Å². The maximum atomic E-state index is 11.4. The summed E-state index contributed by atoms with van der Waals surface area (Å²) in [6.07, 6.45) is 2.08. The number of carbonyl (C=O) groups excluding carboxylic acids is 1. The molecule has 0 unspecified atom stereocenters. The number of rotatable bonds is 4. The van der Waals surface area contributed by atoms with Gasteiger partial charge in [0.1, 0.15) is 11.3 Å². The first-order valence-corrected chi connectivity index (χ1v) is 4.66. The molecular weight excluding hydrogens is 226 g/mol. The molecule has 0 aliphatic carbocycles. The molecule has 90 valence electrons. The topological polar surface area (TPSA) is 78.7 Å². The van der Waals surface area contributed by atoms with Gasteiger partial charge in [0.05, 0.1) is 19.1 Å². The highest BCUT2D eigenvalue weighted by atomic mass is 16.6. The van der Waals surface area contributed by atoms with Crippen LogP contribution < -0.4 is 4.74 Å². The van der Waals surface area contributed by atoms with E-state index in [4.69, 9.17) is 4.74 Å². The molecule has 0 atom stereocenters. The van der Waals surface area contributed by atoms with Gasteiger partial charge in [-0.3, -0.25) is 10.1 Å². The van der Waals surface area contributed by atoms with Crippen LogP contribution in [0.15, 0.2) is 24.4 Å². The van der Waals surface area contributed by atoms with E-state index in [1.165, 1.54) is 26.4 Å².